The van der Waals surface area contributed by atoms with Crippen molar-refractivity contribution in [2.75, 3.05) is 65.9 Å². The molecule has 4 unspecified atom stereocenters. The average molecular weight is 1590 g/mol. The molecule has 0 radical (unpaired) electrons. The summed E-state index contributed by atoms with van der Waals surface area (Å²) in [6.07, 6.45) is 63.7. The molecule has 24 heteroatoms. The Morgan fingerprint density at radius 1 is 0.312 bits per heavy atom. The molecule has 0 aromatic heterocycles. The lowest BCUT2D eigenvalue weighted by Crippen LogP contribution is -2.41. The number of ether oxygens (including phenoxy) is 4. The summed E-state index contributed by atoms with van der Waals surface area (Å²) in [6, 6.07) is -1.68. The number of phosphoric ester groups is 2. The number of carbonyl (C=O) groups is 6. The highest BCUT2D eigenvalue weighted by Crippen LogP contribution is 2.44. The Hall–Kier alpha value is -4.08. The quantitative estimate of drug-likeness (QED) is 0.0108. The van der Waals surface area contributed by atoms with Crippen LogP contribution in [-0.2, 0) is 74.9 Å². The molecule has 636 valence electrons. The Balaban J connectivity index is 5.57. The van der Waals surface area contributed by atoms with Gasteiger partial charge in [-0.25, -0.2) is 9.13 Å². The van der Waals surface area contributed by atoms with Gasteiger partial charge in [0.2, 0.25) is 23.6 Å². The number of unbranched alkanes of at least 4 members (excludes halogenated alkanes) is 32. The molecule has 0 saturated carbocycles. The maximum atomic E-state index is 13.3. The second-order valence-corrected chi connectivity index (χ2v) is 32.1. The monoisotopic (exact) mass is 1590 g/mol. The fourth-order valence-electron chi connectivity index (χ4n) is 12.0. The van der Waals surface area contributed by atoms with Crippen molar-refractivity contribution in [1.82, 2.24) is 21.3 Å². The molecule has 0 heterocycles. The molecule has 0 aliphatic heterocycles. The van der Waals surface area contributed by atoms with Crippen LogP contribution in [0.1, 0.15) is 369 Å². The maximum absolute atomic E-state index is 13.3. The number of amides is 4. The van der Waals surface area contributed by atoms with Gasteiger partial charge in [-0.15, -0.1) is 0 Å². The number of hydrogen-bond donors (Lipinski definition) is 6. The summed E-state index contributed by atoms with van der Waals surface area (Å²) >= 11 is 0. The number of carbonyl (C=O) groups excluding carboxylic acids is 6. The molecule has 0 aliphatic carbocycles. The normalized spacial score (nSPS) is 14.1. The Morgan fingerprint density at radius 2 is 0.596 bits per heavy atom. The third-order valence-corrected chi connectivity index (χ3v) is 20.5. The van der Waals surface area contributed by atoms with E-state index in [1.807, 2.05) is 0 Å². The van der Waals surface area contributed by atoms with Crippen molar-refractivity contribution in [3.8, 4) is 0 Å². The van der Waals surface area contributed by atoms with Crippen LogP contribution in [0.25, 0.3) is 0 Å². The third kappa shape index (κ3) is 75.1. The van der Waals surface area contributed by atoms with Gasteiger partial charge in [0, 0.05) is 51.6 Å². The lowest BCUT2D eigenvalue weighted by Gasteiger charge is -2.22. The molecular formula is C85H158N4O18P2. The maximum Gasteiger partial charge on any atom is 0.472 e. The second kappa shape index (κ2) is 77.8. The molecule has 0 fully saturated rings. The SMILES string of the molecule is CCCCCC/C=C\CCCCCC(=O)NC(COCC[C@@H](CCCCCCC)OC(=O)CCC/C=C\CCCCCC)COP(=O)(O)OCCNC(=O)CC(=O)NCCOP(=O)(O)OCC(COCC[C@@H](CCCCCCC)OC(=O)CCC/C=C\CCCCCC)NC(=O)CCCCC/C=C\CCCCCC. The van der Waals surface area contributed by atoms with Gasteiger partial charge in [0.1, 0.15) is 18.6 Å². The van der Waals surface area contributed by atoms with Crippen molar-refractivity contribution in [2.45, 2.75) is 393 Å². The summed E-state index contributed by atoms with van der Waals surface area (Å²) in [5.74, 6) is -2.51. The Morgan fingerprint density at radius 3 is 0.908 bits per heavy atom. The topological polar surface area (TPSA) is 299 Å². The van der Waals surface area contributed by atoms with Crippen molar-refractivity contribution in [3.63, 3.8) is 0 Å². The fourth-order valence-corrected chi connectivity index (χ4v) is 13.5. The standard InChI is InChI=1S/C85H158N4O18P2/c1-7-13-19-25-29-33-35-39-41-47-53-59-80(90)88-76(72-100-67-63-78(57-51-45-23-17-11-5)106-84(94)61-55-49-43-37-31-27-21-15-9-3)74-104-108(96,97)102-69-65-86-82(92)71-83(93)87-66-70-103-109(98,99)105-75-77(89-81(91)60-54-48-42-40-36-34-30-26-20-14-8-2)73-101-68-64-79(58-52-46-24-18-12-6)107-85(95)62-56-50-44-38-32-28-22-16-10-4/h33-38,43-44,76-79H,7-32,39-42,45-75H2,1-6H3,(H,86,92)(H,87,93)(H,88,90)(H,89,91)(H,96,97)(H,98,99)/b35-33-,36-34-,43-37-,44-38-/t76?,77?,78-,79-/m1/s1. The van der Waals surface area contributed by atoms with Gasteiger partial charge >= 0.3 is 27.6 Å². The van der Waals surface area contributed by atoms with Gasteiger partial charge in [-0.1, -0.05) is 231 Å². The summed E-state index contributed by atoms with van der Waals surface area (Å²) in [5, 5.41) is 10.7. The minimum absolute atomic E-state index is 0.0638. The van der Waals surface area contributed by atoms with Gasteiger partial charge in [-0.05, 0) is 141 Å². The van der Waals surface area contributed by atoms with E-state index in [4.69, 9.17) is 37.0 Å². The molecule has 0 spiro atoms. The van der Waals surface area contributed by atoms with Crippen molar-refractivity contribution in [2.24, 2.45) is 0 Å². The first kappa shape index (κ1) is 105. The summed E-state index contributed by atoms with van der Waals surface area (Å²) in [6.45, 7) is 11.0. The van der Waals surface area contributed by atoms with Crippen molar-refractivity contribution in [1.29, 1.82) is 0 Å². The van der Waals surface area contributed by atoms with Gasteiger partial charge < -0.3 is 50.0 Å². The Bertz CT molecular complexity index is 2260. The zero-order valence-corrected chi connectivity index (χ0v) is 71.2. The van der Waals surface area contributed by atoms with E-state index < -0.39 is 72.4 Å². The smallest absolute Gasteiger partial charge is 0.462 e. The zero-order chi connectivity index (χ0) is 80.0. The minimum Gasteiger partial charge on any atom is -0.462 e. The zero-order valence-electron chi connectivity index (χ0n) is 69.4. The van der Waals surface area contributed by atoms with Gasteiger partial charge in [-0.2, -0.15) is 0 Å². The number of allylic oxidation sites excluding steroid dienone is 8. The van der Waals surface area contributed by atoms with Crippen molar-refractivity contribution < 1.29 is 84.7 Å². The average Bonchev–Trinajstić information content (AvgIpc) is 0.927. The van der Waals surface area contributed by atoms with Crippen LogP contribution < -0.4 is 21.3 Å². The fraction of sp³-hybridized carbons (Fsp3) is 0.835. The van der Waals surface area contributed by atoms with E-state index in [2.05, 4.69) is 111 Å². The molecule has 4 amide bonds. The van der Waals surface area contributed by atoms with Gasteiger partial charge in [0.25, 0.3) is 0 Å². The van der Waals surface area contributed by atoms with Crippen molar-refractivity contribution in [3.05, 3.63) is 48.6 Å². The molecular weight excluding hydrogens is 1430 g/mol. The highest BCUT2D eigenvalue weighted by atomic mass is 31.2. The molecule has 6 N–H and O–H groups in total. The van der Waals surface area contributed by atoms with E-state index in [1.54, 1.807) is 0 Å². The largest absolute Gasteiger partial charge is 0.472 e. The van der Waals surface area contributed by atoms with E-state index >= 15 is 0 Å². The minimum atomic E-state index is -4.74. The van der Waals surface area contributed by atoms with Gasteiger partial charge in [-0.3, -0.25) is 46.9 Å². The summed E-state index contributed by atoms with van der Waals surface area (Å²) in [4.78, 5) is 99.4. The van der Waals surface area contributed by atoms with Gasteiger partial charge in [0.15, 0.2) is 0 Å². The molecule has 109 heavy (non-hydrogen) atoms. The van der Waals surface area contributed by atoms with Crippen LogP contribution in [0.2, 0.25) is 0 Å². The molecule has 0 aromatic carbocycles. The van der Waals surface area contributed by atoms with Crippen LogP contribution in [0.4, 0.5) is 0 Å². The molecule has 0 aromatic rings. The van der Waals surface area contributed by atoms with E-state index in [-0.39, 0.29) is 88.3 Å². The van der Waals surface area contributed by atoms with E-state index in [9.17, 15) is 47.7 Å². The van der Waals surface area contributed by atoms with Crippen LogP contribution in [0.5, 0.6) is 0 Å². The van der Waals surface area contributed by atoms with E-state index in [1.165, 1.54) is 103 Å². The highest BCUT2D eigenvalue weighted by Gasteiger charge is 2.27. The number of hydrogen-bond acceptors (Lipinski definition) is 16. The lowest BCUT2D eigenvalue weighted by atomic mass is 10.1. The summed E-state index contributed by atoms with van der Waals surface area (Å²) in [7, 11) is -9.49. The first-order chi connectivity index (χ1) is 52.9. The van der Waals surface area contributed by atoms with Crippen LogP contribution in [0, 0.1) is 0 Å². The summed E-state index contributed by atoms with van der Waals surface area (Å²) in [5.41, 5.74) is 0. The number of rotatable bonds is 82. The second-order valence-electron chi connectivity index (χ2n) is 29.2. The van der Waals surface area contributed by atoms with Crippen LogP contribution >= 0.6 is 15.6 Å². The molecule has 0 rings (SSSR count). The number of nitrogens with one attached hydrogen (secondary N) is 4. The molecule has 0 aliphatic rings. The number of phosphoric acid groups is 2. The van der Waals surface area contributed by atoms with E-state index in [0.29, 0.717) is 64.2 Å². The van der Waals surface area contributed by atoms with Crippen molar-refractivity contribution >= 4 is 51.2 Å². The first-order valence-corrected chi connectivity index (χ1v) is 46.4. The molecule has 0 saturated heterocycles. The predicted molar refractivity (Wildman–Crippen MR) is 441 cm³/mol. The van der Waals surface area contributed by atoms with Crippen LogP contribution in [0.15, 0.2) is 48.6 Å². The lowest BCUT2D eigenvalue weighted by molar-refractivity contribution is -0.151. The van der Waals surface area contributed by atoms with E-state index in [0.717, 1.165) is 141 Å². The first-order valence-electron chi connectivity index (χ1n) is 43.4. The third-order valence-electron chi connectivity index (χ3n) is 18.6. The molecule has 6 atom stereocenters. The van der Waals surface area contributed by atoms with Crippen LogP contribution in [-0.4, -0.2) is 136 Å². The summed E-state index contributed by atoms with van der Waals surface area (Å²) < 4.78 is 71.3. The molecule has 0 bridgehead atoms. The predicted octanol–water partition coefficient (Wildman–Crippen LogP) is 20.6. The number of esters is 2. The highest BCUT2D eigenvalue weighted by molar-refractivity contribution is 7.47. The Kier molecular flexibility index (Phi) is 74.9. The Labute approximate surface area is 661 Å². The molecule has 22 nitrogen and oxygen atoms in total. The van der Waals surface area contributed by atoms with Gasteiger partial charge in [0.05, 0.1) is 64.9 Å². The van der Waals surface area contributed by atoms with Crippen LogP contribution in [0.3, 0.4) is 0 Å².